The van der Waals surface area contributed by atoms with Crippen molar-refractivity contribution in [1.29, 1.82) is 0 Å². The van der Waals surface area contributed by atoms with Gasteiger partial charge in [-0.25, -0.2) is 4.79 Å². The van der Waals surface area contributed by atoms with Gasteiger partial charge in [-0.1, -0.05) is 0 Å². The summed E-state index contributed by atoms with van der Waals surface area (Å²) in [5, 5.41) is 19.5. The first-order valence-electron chi connectivity index (χ1n) is 9.88. The summed E-state index contributed by atoms with van der Waals surface area (Å²) in [5.41, 5.74) is -2.40. The third-order valence-corrected chi connectivity index (χ3v) is 7.00. The van der Waals surface area contributed by atoms with Gasteiger partial charge in [0.1, 0.15) is 4.83 Å². The Morgan fingerprint density at radius 3 is 2.32 bits per heavy atom. The molecule has 1 saturated heterocycles. The Hall–Kier alpha value is -2.18. The molecule has 0 unspecified atom stereocenters. The van der Waals surface area contributed by atoms with Crippen LogP contribution in [-0.4, -0.2) is 61.6 Å². The van der Waals surface area contributed by atoms with Gasteiger partial charge in [0.05, 0.1) is 28.9 Å². The molecule has 0 bridgehead atoms. The van der Waals surface area contributed by atoms with Crippen molar-refractivity contribution in [2.75, 3.05) is 19.7 Å². The van der Waals surface area contributed by atoms with Crippen LogP contribution in [0.15, 0.2) is 9.59 Å². The van der Waals surface area contributed by atoms with E-state index in [9.17, 15) is 37.8 Å². The molecule has 0 aromatic carbocycles. The first-order chi connectivity index (χ1) is 14.4. The molecule has 8 nitrogen and oxygen atoms in total. The zero-order valence-electron chi connectivity index (χ0n) is 17.2. The largest absolute Gasteiger partial charge is 0.393 e. The summed E-state index contributed by atoms with van der Waals surface area (Å²) in [7, 11) is 0. The number of likely N-dealkylation sites (tertiary alicyclic amines) is 1. The minimum absolute atomic E-state index is 0.00986. The number of aliphatic hydroxyl groups is 2. The molecule has 1 aliphatic heterocycles. The second-order valence-electron chi connectivity index (χ2n) is 7.76. The predicted molar refractivity (Wildman–Crippen MR) is 109 cm³/mol. The van der Waals surface area contributed by atoms with Gasteiger partial charge in [0.25, 0.3) is 11.5 Å². The first-order valence-corrected chi connectivity index (χ1v) is 10.7. The van der Waals surface area contributed by atoms with Crippen molar-refractivity contribution in [2.45, 2.75) is 58.0 Å². The van der Waals surface area contributed by atoms with Crippen LogP contribution >= 0.6 is 11.3 Å². The highest BCUT2D eigenvalue weighted by Gasteiger charge is 2.35. The van der Waals surface area contributed by atoms with E-state index in [1.54, 1.807) is 13.8 Å². The molecule has 1 fully saturated rings. The van der Waals surface area contributed by atoms with Crippen molar-refractivity contribution >= 4 is 27.5 Å². The van der Waals surface area contributed by atoms with Crippen LogP contribution in [0.3, 0.4) is 0 Å². The van der Waals surface area contributed by atoms with Crippen molar-refractivity contribution in [3.8, 4) is 0 Å². The summed E-state index contributed by atoms with van der Waals surface area (Å²) in [6.07, 6.45) is -5.37. The first kappa shape index (κ1) is 23.5. The summed E-state index contributed by atoms with van der Waals surface area (Å²) < 4.78 is 40.2. The molecule has 2 aromatic heterocycles. The van der Waals surface area contributed by atoms with E-state index in [4.69, 9.17) is 0 Å². The van der Waals surface area contributed by atoms with E-state index in [2.05, 4.69) is 0 Å². The SMILES string of the molecule is CCn1c(=O)c2c(C)c(C(=O)N3CCC(O)(CO)CC3)sc2n(CCC(F)(F)F)c1=O. The fourth-order valence-corrected chi connectivity index (χ4v) is 5.03. The standard InChI is InChI=1S/C19H24F3N3O5S/c1-3-24-14(27)12-11(2)13(15(28)23-7-4-18(30,10-26)5-8-23)31-16(12)25(17(24)29)9-6-19(20,21)22/h26,30H,3-10H2,1-2H3. The number of aliphatic hydroxyl groups excluding tert-OH is 1. The van der Waals surface area contributed by atoms with E-state index in [1.807, 2.05) is 0 Å². The zero-order chi connectivity index (χ0) is 23.1. The molecule has 0 saturated carbocycles. The van der Waals surface area contributed by atoms with Crippen LogP contribution in [0.25, 0.3) is 10.2 Å². The number of aryl methyl sites for hydroxylation is 2. The van der Waals surface area contributed by atoms with E-state index < -0.39 is 48.5 Å². The van der Waals surface area contributed by atoms with Crippen molar-refractivity contribution in [2.24, 2.45) is 0 Å². The summed E-state index contributed by atoms with van der Waals surface area (Å²) in [6.45, 7) is 2.38. The van der Waals surface area contributed by atoms with E-state index in [0.29, 0.717) is 5.56 Å². The fraction of sp³-hybridized carbons (Fsp3) is 0.632. The number of amides is 1. The topological polar surface area (TPSA) is 105 Å². The lowest BCUT2D eigenvalue weighted by molar-refractivity contribution is -0.136. The molecule has 0 radical (unpaired) electrons. The maximum Gasteiger partial charge on any atom is 0.390 e. The maximum absolute atomic E-state index is 13.1. The average molecular weight is 463 g/mol. The highest BCUT2D eigenvalue weighted by molar-refractivity contribution is 7.20. The Balaban J connectivity index is 2.08. The number of fused-ring (bicyclic) bond motifs is 1. The lowest BCUT2D eigenvalue weighted by atomic mass is 9.92. The van der Waals surface area contributed by atoms with Crippen LogP contribution in [0.5, 0.6) is 0 Å². The number of carbonyl (C=O) groups excluding carboxylic acids is 1. The molecule has 172 valence electrons. The minimum Gasteiger partial charge on any atom is -0.393 e. The van der Waals surface area contributed by atoms with Gasteiger partial charge in [-0.2, -0.15) is 13.2 Å². The number of hydrogen-bond donors (Lipinski definition) is 2. The van der Waals surface area contributed by atoms with E-state index in [0.717, 1.165) is 20.5 Å². The summed E-state index contributed by atoms with van der Waals surface area (Å²) in [5.74, 6) is -0.420. The van der Waals surface area contributed by atoms with E-state index >= 15 is 0 Å². The van der Waals surface area contributed by atoms with Crippen LogP contribution < -0.4 is 11.2 Å². The molecule has 12 heteroatoms. The van der Waals surface area contributed by atoms with Crippen molar-refractivity contribution in [3.63, 3.8) is 0 Å². The molecule has 2 aromatic rings. The van der Waals surface area contributed by atoms with E-state index in [-0.39, 0.29) is 47.6 Å². The quantitative estimate of drug-likeness (QED) is 0.699. The maximum atomic E-state index is 13.1. The average Bonchev–Trinajstić information content (AvgIpc) is 3.04. The van der Waals surface area contributed by atoms with Gasteiger partial charge in [0, 0.05) is 26.2 Å². The lowest BCUT2D eigenvalue weighted by Gasteiger charge is -2.36. The number of thiophene rings is 1. The zero-order valence-corrected chi connectivity index (χ0v) is 18.0. The van der Waals surface area contributed by atoms with Crippen molar-refractivity contribution in [1.82, 2.24) is 14.0 Å². The van der Waals surface area contributed by atoms with Crippen LogP contribution in [0, 0.1) is 6.92 Å². The third-order valence-electron chi connectivity index (χ3n) is 5.70. The van der Waals surface area contributed by atoms with Gasteiger partial charge >= 0.3 is 11.9 Å². The van der Waals surface area contributed by atoms with Crippen molar-refractivity contribution < 1.29 is 28.2 Å². The lowest BCUT2D eigenvalue weighted by Crippen LogP contribution is -2.48. The highest BCUT2D eigenvalue weighted by Crippen LogP contribution is 2.31. The molecule has 0 spiro atoms. The Morgan fingerprint density at radius 2 is 1.81 bits per heavy atom. The summed E-state index contributed by atoms with van der Waals surface area (Å²) in [4.78, 5) is 40.3. The van der Waals surface area contributed by atoms with Gasteiger partial charge in [0.15, 0.2) is 0 Å². The summed E-state index contributed by atoms with van der Waals surface area (Å²) in [6, 6.07) is 0. The van der Waals surface area contributed by atoms with Crippen molar-refractivity contribution in [3.05, 3.63) is 31.3 Å². The monoisotopic (exact) mass is 463 g/mol. The molecule has 3 heterocycles. The van der Waals surface area contributed by atoms with E-state index in [1.165, 1.54) is 4.90 Å². The smallest absolute Gasteiger partial charge is 0.390 e. The fourth-order valence-electron chi connectivity index (χ4n) is 3.74. The molecule has 1 aliphatic rings. The number of rotatable bonds is 5. The third kappa shape index (κ3) is 4.41. The highest BCUT2D eigenvalue weighted by atomic mass is 32.1. The predicted octanol–water partition coefficient (Wildman–Crippen LogP) is 1.46. The van der Waals surface area contributed by atoms with Gasteiger partial charge in [0.2, 0.25) is 0 Å². The molecular formula is C19H24F3N3O5S. The Labute approximate surface area is 179 Å². The number of halogens is 3. The van der Waals surface area contributed by atoms with Gasteiger partial charge in [-0.15, -0.1) is 11.3 Å². The Morgan fingerprint density at radius 1 is 1.19 bits per heavy atom. The second kappa shape index (κ2) is 8.40. The molecule has 31 heavy (non-hydrogen) atoms. The molecule has 3 rings (SSSR count). The van der Waals surface area contributed by atoms with Crippen LogP contribution in [0.1, 0.15) is 41.4 Å². The Bertz CT molecular complexity index is 1110. The summed E-state index contributed by atoms with van der Waals surface area (Å²) >= 11 is 0.835. The molecule has 1 amide bonds. The molecule has 2 N–H and O–H groups in total. The number of aromatic nitrogens is 2. The number of alkyl halides is 3. The van der Waals surface area contributed by atoms with Gasteiger partial charge in [-0.05, 0) is 32.3 Å². The van der Waals surface area contributed by atoms with Crippen LogP contribution in [-0.2, 0) is 13.1 Å². The molecule has 0 atom stereocenters. The second-order valence-corrected chi connectivity index (χ2v) is 8.76. The molecule has 0 aliphatic carbocycles. The normalized spacial score (nSPS) is 16.8. The van der Waals surface area contributed by atoms with Gasteiger partial charge in [-0.3, -0.25) is 18.7 Å². The number of carbonyl (C=O) groups is 1. The van der Waals surface area contributed by atoms with Crippen LogP contribution in [0.4, 0.5) is 13.2 Å². The number of hydrogen-bond acceptors (Lipinski definition) is 6. The molecular weight excluding hydrogens is 439 g/mol. The van der Waals surface area contributed by atoms with Gasteiger partial charge < -0.3 is 15.1 Å². The Kier molecular flexibility index (Phi) is 6.36. The minimum atomic E-state index is -4.48. The number of nitrogens with zero attached hydrogens (tertiary/aromatic N) is 3. The van der Waals surface area contributed by atoms with Crippen LogP contribution in [0.2, 0.25) is 0 Å². The number of piperidine rings is 1.